The third-order valence-electron chi connectivity index (χ3n) is 4.08. The first-order valence-electron chi connectivity index (χ1n) is 8.86. The minimum Gasteiger partial charge on any atom is -0.303 e. The molecular weight excluding hydrogens is 268 g/mol. The Morgan fingerprint density at radius 2 is 1.20 bits per heavy atom. The second kappa shape index (κ2) is 17.0. The molecule has 0 aromatic heterocycles. The Bertz CT molecular complexity index is 194. The van der Waals surface area contributed by atoms with Gasteiger partial charge in [0.25, 0.3) is 0 Å². The van der Waals surface area contributed by atoms with E-state index in [0.29, 0.717) is 5.92 Å². The van der Waals surface area contributed by atoms with Gasteiger partial charge in [-0.15, -0.1) is 11.6 Å². The molecule has 2 heteroatoms. The fourth-order valence-corrected chi connectivity index (χ4v) is 2.86. The molecule has 0 rings (SSSR count). The molecule has 0 heterocycles. The van der Waals surface area contributed by atoms with E-state index in [1.165, 1.54) is 76.9 Å². The van der Waals surface area contributed by atoms with Gasteiger partial charge < -0.3 is 4.79 Å². The summed E-state index contributed by atoms with van der Waals surface area (Å²) in [5.41, 5.74) is 0. The van der Waals surface area contributed by atoms with Crippen molar-refractivity contribution in [3.05, 3.63) is 0 Å². The van der Waals surface area contributed by atoms with Crippen LogP contribution in [0.4, 0.5) is 0 Å². The van der Waals surface area contributed by atoms with Crippen LogP contribution >= 0.6 is 11.6 Å². The number of aldehydes is 1. The first-order chi connectivity index (χ1) is 9.85. The molecule has 0 N–H and O–H groups in total. The zero-order chi connectivity index (χ0) is 14.9. The molecule has 0 spiro atoms. The Balaban J connectivity index is 3.30. The smallest absolute Gasteiger partial charge is 0.123 e. The number of hydrogen-bond acceptors (Lipinski definition) is 1. The van der Waals surface area contributed by atoms with E-state index < -0.39 is 0 Å². The fraction of sp³-hybridized carbons (Fsp3) is 0.944. The second-order valence-corrected chi connectivity index (χ2v) is 6.43. The third-order valence-corrected chi connectivity index (χ3v) is 4.35. The monoisotopic (exact) mass is 302 g/mol. The number of rotatable bonds is 16. The maximum Gasteiger partial charge on any atom is 0.123 e. The topological polar surface area (TPSA) is 17.1 Å². The van der Waals surface area contributed by atoms with Crippen molar-refractivity contribution in [2.75, 3.05) is 5.88 Å². The molecule has 0 saturated carbocycles. The summed E-state index contributed by atoms with van der Waals surface area (Å²) >= 11 is 5.65. The molecule has 0 fully saturated rings. The number of alkyl halides is 1. The molecule has 0 saturated heterocycles. The summed E-state index contributed by atoms with van der Waals surface area (Å²) in [5.74, 6) is 1.08. The Kier molecular flexibility index (Phi) is 17.0. The Morgan fingerprint density at radius 1 is 0.750 bits per heavy atom. The van der Waals surface area contributed by atoms with Crippen LogP contribution in [-0.4, -0.2) is 12.2 Å². The molecule has 0 aliphatic carbocycles. The summed E-state index contributed by atoms with van der Waals surface area (Å²) in [4.78, 5) is 11.0. The van der Waals surface area contributed by atoms with Crippen molar-refractivity contribution >= 4 is 17.9 Å². The molecule has 0 amide bonds. The second-order valence-electron chi connectivity index (χ2n) is 6.05. The van der Waals surface area contributed by atoms with Gasteiger partial charge in [0.2, 0.25) is 0 Å². The summed E-state index contributed by atoms with van der Waals surface area (Å²) in [7, 11) is 0. The lowest BCUT2D eigenvalue weighted by atomic mass is 9.95. The van der Waals surface area contributed by atoms with Crippen molar-refractivity contribution in [1.29, 1.82) is 0 Å². The summed E-state index contributed by atoms with van der Waals surface area (Å²) in [6.07, 6.45) is 18.9. The fourth-order valence-electron chi connectivity index (χ4n) is 2.68. The van der Waals surface area contributed by atoms with Gasteiger partial charge in [0.15, 0.2) is 0 Å². The van der Waals surface area contributed by atoms with E-state index in [2.05, 4.69) is 6.92 Å². The van der Waals surface area contributed by atoms with Crippen LogP contribution in [0.15, 0.2) is 0 Å². The Hall–Kier alpha value is -0.0400. The molecular formula is C18H35ClO. The number of unbranched alkanes of at least 4 members (excludes halogenated alkanes) is 10. The highest BCUT2D eigenvalue weighted by atomic mass is 35.5. The molecule has 0 bridgehead atoms. The lowest BCUT2D eigenvalue weighted by Crippen LogP contribution is -2.02. The van der Waals surface area contributed by atoms with E-state index in [0.717, 1.165) is 25.1 Å². The van der Waals surface area contributed by atoms with Crippen LogP contribution in [-0.2, 0) is 4.79 Å². The predicted molar refractivity (Wildman–Crippen MR) is 90.6 cm³/mol. The molecule has 0 aliphatic rings. The highest BCUT2D eigenvalue weighted by molar-refractivity contribution is 6.17. The van der Waals surface area contributed by atoms with Crippen LogP contribution in [0.1, 0.15) is 96.8 Å². The standard InChI is InChI=1S/C18H35ClO/c1-2-3-4-5-6-7-8-11-14-18(17-20)15-12-9-10-13-16-19/h17-18H,2-16H2,1H3. The first kappa shape index (κ1) is 20.0. The Morgan fingerprint density at radius 3 is 1.65 bits per heavy atom. The molecule has 1 nitrogen and oxygen atoms in total. The quantitative estimate of drug-likeness (QED) is 0.180. The van der Waals surface area contributed by atoms with Gasteiger partial charge in [-0.2, -0.15) is 0 Å². The van der Waals surface area contributed by atoms with Crippen molar-refractivity contribution in [2.24, 2.45) is 5.92 Å². The maximum atomic E-state index is 11.0. The SMILES string of the molecule is CCCCCCCCCCC(C=O)CCCCCCCl. The van der Waals surface area contributed by atoms with Crippen LogP contribution in [0.2, 0.25) is 0 Å². The van der Waals surface area contributed by atoms with E-state index in [1.807, 2.05) is 0 Å². The van der Waals surface area contributed by atoms with Gasteiger partial charge in [-0.25, -0.2) is 0 Å². The molecule has 20 heavy (non-hydrogen) atoms. The van der Waals surface area contributed by atoms with Crippen LogP contribution in [0.5, 0.6) is 0 Å². The molecule has 0 aliphatic heterocycles. The minimum atomic E-state index is 0.311. The van der Waals surface area contributed by atoms with E-state index in [-0.39, 0.29) is 0 Å². The average Bonchev–Trinajstić information content (AvgIpc) is 2.47. The molecule has 0 aromatic carbocycles. The largest absolute Gasteiger partial charge is 0.303 e. The normalized spacial score (nSPS) is 12.5. The first-order valence-corrected chi connectivity index (χ1v) is 9.39. The summed E-state index contributed by atoms with van der Waals surface area (Å²) in [5, 5.41) is 0. The van der Waals surface area contributed by atoms with Crippen molar-refractivity contribution in [2.45, 2.75) is 96.8 Å². The minimum absolute atomic E-state index is 0.311. The highest BCUT2D eigenvalue weighted by Gasteiger charge is 2.06. The van der Waals surface area contributed by atoms with Gasteiger partial charge in [-0.1, -0.05) is 77.6 Å². The van der Waals surface area contributed by atoms with Crippen molar-refractivity contribution < 1.29 is 4.79 Å². The van der Waals surface area contributed by atoms with Gasteiger partial charge in [-0.05, 0) is 19.3 Å². The van der Waals surface area contributed by atoms with E-state index in [1.54, 1.807) is 0 Å². The predicted octanol–water partition coefficient (Wildman–Crippen LogP) is 6.52. The van der Waals surface area contributed by atoms with E-state index >= 15 is 0 Å². The van der Waals surface area contributed by atoms with Crippen molar-refractivity contribution in [1.82, 2.24) is 0 Å². The van der Waals surface area contributed by atoms with Gasteiger partial charge in [0, 0.05) is 11.8 Å². The molecule has 1 atom stereocenters. The number of carbonyl (C=O) groups is 1. The van der Waals surface area contributed by atoms with Gasteiger partial charge >= 0.3 is 0 Å². The van der Waals surface area contributed by atoms with Crippen LogP contribution < -0.4 is 0 Å². The highest BCUT2D eigenvalue weighted by Crippen LogP contribution is 2.17. The maximum absolute atomic E-state index is 11.0. The number of carbonyl (C=O) groups excluding carboxylic acids is 1. The molecule has 0 aromatic rings. The number of hydrogen-bond donors (Lipinski definition) is 0. The summed E-state index contributed by atoms with van der Waals surface area (Å²) < 4.78 is 0. The molecule has 1 unspecified atom stereocenters. The van der Waals surface area contributed by atoms with E-state index in [9.17, 15) is 4.79 Å². The lowest BCUT2D eigenvalue weighted by Gasteiger charge is -2.09. The van der Waals surface area contributed by atoms with Crippen LogP contribution in [0, 0.1) is 5.92 Å². The zero-order valence-electron chi connectivity index (χ0n) is 13.5. The van der Waals surface area contributed by atoms with Crippen LogP contribution in [0.3, 0.4) is 0 Å². The van der Waals surface area contributed by atoms with Crippen molar-refractivity contribution in [3.8, 4) is 0 Å². The third kappa shape index (κ3) is 14.4. The Labute approximate surface area is 131 Å². The molecule has 0 radical (unpaired) electrons. The van der Waals surface area contributed by atoms with Gasteiger partial charge in [-0.3, -0.25) is 0 Å². The van der Waals surface area contributed by atoms with Gasteiger partial charge in [0.05, 0.1) is 0 Å². The van der Waals surface area contributed by atoms with Crippen molar-refractivity contribution in [3.63, 3.8) is 0 Å². The summed E-state index contributed by atoms with van der Waals surface area (Å²) in [6, 6.07) is 0. The molecule has 120 valence electrons. The number of halogens is 1. The van der Waals surface area contributed by atoms with E-state index in [4.69, 9.17) is 11.6 Å². The summed E-state index contributed by atoms with van der Waals surface area (Å²) in [6.45, 7) is 2.26. The average molecular weight is 303 g/mol. The lowest BCUT2D eigenvalue weighted by molar-refractivity contribution is -0.111. The zero-order valence-corrected chi connectivity index (χ0v) is 14.3. The van der Waals surface area contributed by atoms with Crippen LogP contribution in [0.25, 0.3) is 0 Å². The van der Waals surface area contributed by atoms with Gasteiger partial charge in [0.1, 0.15) is 6.29 Å².